The van der Waals surface area contributed by atoms with Crippen molar-refractivity contribution < 1.29 is 14.0 Å². The monoisotopic (exact) mass is 389 g/mol. The van der Waals surface area contributed by atoms with Gasteiger partial charge in [0.25, 0.3) is 0 Å². The van der Waals surface area contributed by atoms with Gasteiger partial charge in [-0.25, -0.2) is 9.37 Å². The molecule has 0 aliphatic carbocycles. The van der Waals surface area contributed by atoms with Crippen molar-refractivity contribution in [3.05, 3.63) is 29.8 Å². The van der Waals surface area contributed by atoms with Gasteiger partial charge in [0.1, 0.15) is 11.6 Å². The number of carbonyl (C=O) groups excluding carboxylic acids is 2. The van der Waals surface area contributed by atoms with Crippen molar-refractivity contribution in [3.8, 4) is 0 Å². The molecule has 1 aliphatic rings. The lowest BCUT2D eigenvalue weighted by atomic mass is 10.1. The molecule has 7 nitrogen and oxygen atoms in total. The molecule has 0 spiro atoms. The van der Waals surface area contributed by atoms with Crippen LogP contribution in [0.2, 0.25) is 0 Å². The number of piperazine rings is 1. The van der Waals surface area contributed by atoms with Crippen molar-refractivity contribution in [1.82, 2.24) is 25.1 Å². The Hall–Kier alpha value is -2.48. The molecule has 0 radical (unpaired) electrons. The van der Waals surface area contributed by atoms with E-state index in [1.807, 2.05) is 0 Å². The van der Waals surface area contributed by atoms with Crippen LogP contribution < -0.4 is 5.32 Å². The van der Waals surface area contributed by atoms with Crippen molar-refractivity contribution in [1.29, 1.82) is 0 Å². The van der Waals surface area contributed by atoms with Crippen LogP contribution in [0, 0.1) is 11.7 Å². The van der Waals surface area contributed by atoms with E-state index >= 15 is 0 Å². The molecule has 8 heteroatoms. The third kappa shape index (κ3) is 4.86. The number of aromatic amines is 1. The molecule has 1 fully saturated rings. The number of aromatic nitrogens is 2. The molecule has 0 unspecified atom stereocenters. The van der Waals surface area contributed by atoms with Crippen LogP contribution in [-0.4, -0.2) is 64.3 Å². The summed E-state index contributed by atoms with van der Waals surface area (Å²) in [6.45, 7) is 6.76. The fourth-order valence-corrected chi connectivity index (χ4v) is 3.42. The van der Waals surface area contributed by atoms with E-state index < -0.39 is 6.04 Å². The molecule has 28 heavy (non-hydrogen) atoms. The zero-order valence-corrected chi connectivity index (χ0v) is 16.7. The van der Waals surface area contributed by atoms with E-state index in [0.717, 1.165) is 19.5 Å². The van der Waals surface area contributed by atoms with Crippen LogP contribution >= 0.6 is 0 Å². The van der Waals surface area contributed by atoms with Gasteiger partial charge in [-0.1, -0.05) is 13.8 Å². The highest BCUT2D eigenvalue weighted by molar-refractivity contribution is 5.88. The van der Waals surface area contributed by atoms with Crippen LogP contribution in [0.5, 0.6) is 0 Å². The summed E-state index contributed by atoms with van der Waals surface area (Å²) in [5, 5.41) is 2.86. The standard InChI is InChI=1S/C20H28FN5O2/c1-13(2)6-8-26-9-7-22-20(28)17(26)11-19(27)25(3)12-18-23-15-5-4-14(21)10-16(15)24-18/h4-5,10,13,17H,6-9,11-12H2,1-3H3,(H,22,28)(H,23,24)/t17-/m1/s1. The fourth-order valence-electron chi connectivity index (χ4n) is 3.42. The van der Waals surface area contributed by atoms with Crippen LogP contribution in [0.15, 0.2) is 18.2 Å². The van der Waals surface area contributed by atoms with E-state index in [9.17, 15) is 14.0 Å². The largest absolute Gasteiger partial charge is 0.353 e. The normalized spacial score (nSPS) is 17.9. The molecule has 1 aromatic carbocycles. The molecule has 1 aliphatic heterocycles. The molecule has 1 atom stereocenters. The average Bonchev–Trinajstić information content (AvgIpc) is 3.03. The zero-order valence-electron chi connectivity index (χ0n) is 16.7. The van der Waals surface area contributed by atoms with Crippen molar-refractivity contribution in [2.24, 2.45) is 5.92 Å². The number of benzene rings is 1. The summed E-state index contributed by atoms with van der Waals surface area (Å²) in [6, 6.07) is 3.90. The van der Waals surface area contributed by atoms with Crippen molar-refractivity contribution in [3.63, 3.8) is 0 Å². The number of imidazole rings is 1. The lowest BCUT2D eigenvalue weighted by Crippen LogP contribution is -2.56. The van der Waals surface area contributed by atoms with Gasteiger partial charge >= 0.3 is 0 Å². The molecule has 3 rings (SSSR count). The highest BCUT2D eigenvalue weighted by Gasteiger charge is 2.32. The van der Waals surface area contributed by atoms with E-state index in [-0.39, 0.29) is 30.6 Å². The topological polar surface area (TPSA) is 81.3 Å². The number of hydrogen-bond acceptors (Lipinski definition) is 4. The first-order valence-electron chi connectivity index (χ1n) is 9.73. The van der Waals surface area contributed by atoms with E-state index in [0.29, 0.717) is 29.3 Å². The number of nitrogens with zero attached hydrogens (tertiary/aromatic N) is 3. The smallest absolute Gasteiger partial charge is 0.237 e. The van der Waals surface area contributed by atoms with Gasteiger partial charge in [-0.15, -0.1) is 0 Å². The number of hydrogen-bond donors (Lipinski definition) is 2. The quantitative estimate of drug-likeness (QED) is 0.758. The number of halogens is 1. The SMILES string of the molecule is CC(C)CCN1CCNC(=O)[C@H]1CC(=O)N(C)Cc1nc2ccc(F)cc2[nH]1. The summed E-state index contributed by atoms with van der Waals surface area (Å²) in [7, 11) is 1.69. The number of nitrogens with one attached hydrogen (secondary N) is 2. The Morgan fingerprint density at radius 1 is 1.43 bits per heavy atom. The van der Waals surface area contributed by atoms with Gasteiger partial charge in [0.05, 0.1) is 30.0 Å². The summed E-state index contributed by atoms with van der Waals surface area (Å²) in [5.74, 6) is 0.583. The second kappa shape index (κ2) is 8.68. The minimum absolute atomic E-state index is 0.0871. The Balaban J connectivity index is 1.63. The second-order valence-corrected chi connectivity index (χ2v) is 7.82. The fraction of sp³-hybridized carbons (Fsp3) is 0.550. The van der Waals surface area contributed by atoms with Crippen molar-refractivity contribution >= 4 is 22.8 Å². The molecule has 1 aromatic heterocycles. The highest BCUT2D eigenvalue weighted by atomic mass is 19.1. The Labute approximate surface area is 164 Å². The minimum atomic E-state index is -0.438. The molecule has 2 heterocycles. The number of amides is 2. The molecule has 2 amide bonds. The zero-order chi connectivity index (χ0) is 20.3. The number of rotatable bonds is 7. The molecular weight excluding hydrogens is 361 g/mol. The predicted octanol–water partition coefficient (Wildman–Crippen LogP) is 1.90. The van der Waals surface area contributed by atoms with E-state index in [2.05, 4.69) is 34.0 Å². The third-order valence-electron chi connectivity index (χ3n) is 5.11. The van der Waals surface area contributed by atoms with Gasteiger partial charge in [0.2, 0.25) is 11.8 Å². The Morgan fingerprint density at radius 2 is 2.21 bits per heavy atom. The first-order chi connectivity index (χ1) is 13.3. The Morgan fingerprint density at radius 3 is 2.96 bits per heavy atom. The maximum atomic E-state index is 13.3. The average molecular weight is 389 g/mol. The van der Waals surface area contributed by atoms with Crippen LogP contribution in [0.25, 0.3) is 11.0 Å². The minimum Gasteiger partial charge on any atom is -0.353 e. The van der Waals surface area contributed by atoms with Gasteiger partial charge < -0.3 is 15.2 Å². The number of carbonyl (C=O) groups is 2. The van der Waals surface area contributed by atoms with Gasteiger partial charge in [-0.3, -0.25) is 14.5 Å². The van der Waals surface area contributed by atoms with E-state index in [1.165, 1.54) is 12.1 Å². The molecule has 1 saturated heterocycles. The van der Waals surface area contributed by atoms with Crippen molar-refractivity contribution in [2.75, 3.05) is 26.7 Å². The molecular formula is C20H28FN5O2. The summed E-state index contributed by atoms with van der Waals surface area (Å²) < 4.78 is 13.3. The first-order valence-corrected chi connectivity index (χ1v) is 9.73. The first kappa shape index (κ1) is 20.3. The molecule has 152 valence electrons. The Bertz CT molecular complexity index is 850. The van der Waals surface area contributed by atoms with E-state index in [4.69, 9.17) is 0 Å². The summed E-state index contributed by atoms with van der Waals surface area (Å²) in [6.07, 6.45) is 1.12. The molecule has 0 bridgehead atoms. The van der Waals surface area contributed by atoms with Gasteiger partial charge in [-0.2, -0.15) is 0 Å². The molecule has 2 N–H and O–H groups in total. The number of fused-ring (bicyclic) bond motifs is 1. The summed E-state index contributed by atoms with van der Waals surface area (Å²) >= 11 is 0. The molecule has 0 saturated carbocycles. The molecule has 2 aromatic rings. The summed E-state index contributed by atoms with van der Waals surface area (Å²) in [5.41, 5.74) is 1.26. The lowest BCUT2D eigenvalue weighted by Gasteiger charge is -2.35. The van der Waals surface area contributed by atoms with Crippen LogP contribution in [0.3, 0.4) is 0 Å². The number of H-pyrrole nitrogens is 1. The second-order valence-electron chi connectivity index (χ2n) is 7.82. The van der Waals surface area contributed by atoms with Crippen LogP contribution in [0.1, 0.15) is 32.5 Å². The lowest BCUT2D eigenvalue weighted by molar-refractivity contribution is -0.138. The van der Waals surface area contributed by atoms with Crippen LogP contribution in [0.4, 0.5) is 4.39 Å². The van der Waals surface area contributed by atoms with Crippen molar-refractivity contribution in [2.45, 2.75) is 39.3 Å². The van der Waals surface area contributed by atoms with Crippen LogP contribution in [-0.2, 0) is 16.1 Å². The highest BCUT2D eigenvalue weighted by Crippen LogP contribution is 2.16. The summed E-state index contributed by atoms with van der Waals surface area (Å²) in [4.78, 5) is 36.2. The van der Waals surface area contributed by atoms with Gasteiger partial charge in [-0.05, 0) is 37.1 Å². The maximum absolute atomic E-state index is 13.3. The van der Waals surface area contributed by atoms with E-state index in [1.54, 1.807) is 18.0 Å². The predicted molar refractivity (Wildman–Crippen MR) is 105 cm³/mol. The third-order valence-corrected chi connectivity index (χ3v) is 5.11. The van der Waals surface area contributed by atoms with Gasteiger partial charge in [0, 0.05) is 20.1 Å². The maximum Gasteiger partial charge on any atom is 0.237 e. The Kier molecular flexibility index (Phi) is 6.28. The van der Waals surface area contributed by atoms with Gasteiger partial charge in [0.15, 0.2) is 0 Å².